The first-order chi connectivity index (χ1) is 12.2. The van der Waals surface area contributed by atoms with E-state index in [4.69, 9.17) is 0 Å². The zero-order valence-electron chi connectivity index (χ0n) is 14.7. The molecule has 7 nitrogen and oxygen atoms in total. The van der Waals surface area contributed by atoms with Crippen LogP contribution in [0.2, 0.25) is 0 Å². The Labute approximate surface area is 151 Å². The number of guanidine groups is 1. The van der Waals surface area contributed by atoms with Gasteiger partial charge in [0.1, 0.15) is 5.82 Å². The lowest BCUT2D eigenvalue weighted by Gasteiger charge is -2.13. The number of aryl methyl sites for hydroxylation is 1. The maximum absolute atomic E-state index is 12.8. The normalized spacial score (nSPS) is 12.5. The minimum Gasteiger partial charge on any atom is -0.352 e. The van der Waals surface area contributed by atoms with E-state index < -0.39 is 16.4 Å². The van der Waals surface area contributed by atoms with Crippen LogP contribution in [0.5, 0.6) is 0 Å². The van der Waals surface area contributed by atoms with E-state index in [2.05, 4.69) is 20.6 Å². The van der Waals surface area contributed by atoms with E-state index in [0.29, 0.717) is 23.0 Å². The largest absolute Gasteiger partial charge is 0.352 e. The monoisotopic (exact) mass is 385 g/mol. The highest BCUT2D eigenvalue weighted by molar-refractivity contribution is 7.90. The highest BCUT2D eigenvalue weighted by Crippen LogP contribution is 2.16. The molecule has 0 atom stereocenters. The quantitative estimate of drug-likeness (QED) is 0.585. The SMILES string of the molecule is CN=C(NCc1ccc(S(C)(=O)=O)c(C)c1)NCc1nccn1C(F)F. The van der Waals surface area contributed by atoms with Crippen LogP contribution in [0.15, 0.2) is 40.5 Å². The van der Waals surface area contributed by atoms with Gasteiger partial charge in [-0.05, 0) is 24.1 Å². The Morgan fingerprint density at radius 2 is 2.00 bits per heavy atom. The first kappa shape index (κ1) is 19.8. The van der Waals surface area contributed by atoms with Crippen molar-refractivity contribution in [3.8, 4) is 0 Å². The average Bonchev–Trinajstić information content (AvgIpc) is 3.02. The minimum atomic E-state index is -3.26. The van der Waals surface area contributed by atoms with Gasteiger partial charge in [0.25, 0.3) is 0 Å². The van der Waals surface area contributed by atoms with Crippen molar-refractivity contribution in [1.29, 1.82) is 0 Å². The second-order valence-electron chi connectivity index (χ2n) is 5.68. The van der Waals surface area contributed by atoms with E-state index in [1.807, 2.05) is 0 Å². The first-order valence-electron chi connectivity index (χ1n) is 7.76. The van der Waals surface area contributed by atoms with Crippen LogP contribution in [-0.4, -0.2) is 37.2 Å². The zero-order chi connectivity index (χ0) is 19.3. The van der Waals surface area contributed by atoms with Crippen LogP contribution >= 0.6 is 0 Å². The number of nitrogens with one attached hydrogen (secondary N) is 2. The molecule has 0 spiro atoms. The fourth-order valence-corrected chi connectivity index (χ4v) is 3.42. The molecule has 0 saturated carbocycles. The van der Waals surface area contributed by atoms with Crippen molar-refractivity contribution in [3.63, 3.8) is 0 Å². The predicted molar refractivity (Wildman–Crippen MR) is 94.8 cm³/mol. The van der Waals surface area contributed by atoms with Crippen LogP contribution in [0.1, 0.15) is 23.5 Å². The Morgan fingerprint density at radius 3 is 2.58 bits per heavy atom. The van der Waals surface area contributed by atoms with E-state index in [1.165, 1.54) is 18.6 Å². The molecule has 2 N–H and O–H groups in total. The Bertz CT molecular complexity index is 894. The van der Waals surface area contributed by atoms with Crippen LogP contribution in [0.3, 0.4) is 0 Å². The molecular formula is C16H21F2N5O2S. The number of nitrogens with zero attached hydrogens (tertiary/aromatic N) is 3. The summed E-state index contributed by atoms with van der Waals surface area (Å²) < 4.78 is 49.7. The van der Waals surface area contributed by atoms with Gasteiger partial charge in [0.15, 0.2) is 15.8 Å². The van der Waals surface area contributed by atoms with E-state index in [-0.39, 0.29) is 12.4 Å². The summed E-state index contributed by atoms with van der Waals surface area (Å²) in [5, 5.41) is 5.96. The Balaban J connectivity index is 1.97. The Kier molecular flexibility index (Phi) is 6.30. The second-order valence-corrected chi connectivity index (χ2v) is 7.66. The third-order valence-electron chi connectivity index (χ3n) is 3.70. The van der Waals surface area contributed by atoms with Crippen molar-refractivity contribution in [2.24, 2.45) is 4.99 Å². The van der Waals surface area contributed by atoms with E-state index in [9.17, 15) is 17.2 Å². The number of sulfone groups is 1. The highest BCUT2D eigenvalue weighted by atomic mass is 32.2. The topological polar surface area (TPSA) is 88.4 Å². The van der Waals surface area contributed by atoms with Gasteiger partial charge in [-0.2, -0.15) is 8.78 Å². The van der Waals surface area contributed by atoms with Gasteiger partial charge < -0.3 is 10.6 Å². The second kappa shape index (κ2) is 8.26. The number of aliphatic imine (C=N–C) groups is 1. The van der Waals surface area contributed by atoms with E-state index in [0.717, 1.165) is 10.1 Å². The third-order valence-corrected chi connectivity index (χ3v) is 4.95. The molecule has 142 valence electrons. The summed E-state index contributed by atoms with van der Waals surface area (Å²) in [4.78, 5) is 8.21. The molecule has 0 aliphatic rings. The molecule has 0 unspecified atom stereocenters. The number of aromatic nitrogens is 2. The zero-order valence-corrected chi connectivity index (χ0v) is 15.5. The van der Waals surface area contributed by atoms with Crippen LogP contribution in [-0.2, 0) is 22.9 Å². The molecular weight excluding hydrogens is 364 g/mol. The van der Waals surface area contributed by atoms with Crippen LogP contribution in [0.25, 0.3) is 0 Å². The Morgan fingerprint density at radius 1 is 1.31 bits per heavy atom. The molecule has 2 aromatic rings. The fraction of sp³-hybridized carbons (Fsp3) is 0.375. The fourth-order valence-electron chi connectivity index (χ4n) is 2.47. The molecule has 0 fully saturated rings. The van der Waals surface area contributed by atoms with Crippen LogP contribution in [0, 0.1) is 6.92 Å². The highest BCUT2D eigenvalue weighted by Gasteiger charge is 2.12. The van der Waals surface area contributed by atoms with Gasteiger partial charge in [-0.3, -0.25) is 9.56 Å². The number of rotatable bonds is 6. The maximum atomic E-state index is 12.8. The van der Waals surface area contributed by atoms with Crippen molar-refractivity contribution < 1.29 is 17.2 Å². The number of alkyl halides is 2. The summed E-state index contributed by atoms with van der Waals surface area (Å²) in [5.41, 5.74) is 1.53. The maximum Gasteiger partial charge on any atom is 0.319 e. The summed E-state index contributed by atoms with van der Waals surface area (Å²) in [5.74, 6) is 0.606. The molecule has 0 aliphatic carbocycles. The molecule has 0 bridgehead atoms. The summed E-state index contributed by atoms with van der Waals surface area (Å²) in [6.45, 7) is -0.436. The smallest absolute Gasteiger partial charge is 0.319 e. The van der Waals surface area contributed by atoms with Gasteiger partial charge in [-0.1, -0.05) is 12.1 Å². The predicted octanol–water partition coefficient (Wildman–Crippen LogP) is 1.86. The molecule has 0 amide bonds. The summed E-state index contributed by atoms with van der Waals surface area (Å²) in [7, 11) is -1.70. The lowest BCUT2D eigenvalue weighted by molar-refractivity contribution is 0.0668. The Hall–Kier alpha value is -2.49. The summed E-state index contributed by atoms with van der Waals surface area (Å²) in [6, 6.07) is 5.06. The first-order valence-corrected chi connectivity index (χ1v) is 9.65. The standard InChI is InChI=1S/C16H21F2N5O2S/c1-11-8-12(4-5-13(11)26(3,24)25)9-21-16(19-2)22-10-14-20-6-7-23(14)15(17)18/h4-8,15H,9-10H2,1-3H3,(H2,19,21,22). The number of benzene rings is 1. The number of hydrogen-bond donors (Lipinski definition) is 2. The lowest BCUT2D eigenvalue weighted by Crippen LogP contribution is -2.37. The molecule has 0 aliphatic heterocycles. The van der Waals surface area contributed by atoms with Gasteiger partial charge in [0.05, 0.1) is 11.4 Å². The summed E-state index contributed by atoms with van der Waals surface area (Å²) >= 11 is 0. The van der Waals surface area contributed by atoms with Crippen LogP contribution in [0.4, 0.5) is 8.78 Å². The van der Waals surface area contributed by atoms with Crippen molar-refractivity contribution in [1.82, 2.24) is 20.2 Å². The number of imidazole rings is 1. The van der Waals surface area contributed by atoms with Crippen molar-refractivity contribution in [2.45, 2.75) is 31.5 Å². The molecule has 1 aromatic heterocycles. The summed E-state index contributed by atoms with van der Waals surface area (Å²) in [6.07, 6.45) is 3.69. The van der Waals surface area contributed by atoms with Gasteiger partial charge in [-0.25, -0.2) is 13.4 Å². The van der Waals surface area contributed by atoms with Gasteiger partial charge in [0.2, 0.25) is 0 Å². The number of halogens is 2. The average molecular weight is 385 g/mol. The molecule has 1 heterocycles. The number of hydrogen-bond acceptors (Lipinski definition) is 4. The van der Waals surface area contributed by atoms with Crippen molar-refractivity contribution in [3.05, 3.63) is 47.5 Å². The molecule has 2 rings (SSSR count). The molecule has 0 saturated heterocycles. The molecule has 0 radical (unpaired) electrons. The lowest BCUT2D eigenvalue weighted by atomic mass is 10.1. The molecule has 26 heavy (non-hydrogen) atoms. The van der Waals surface area contributed by atoms with Gasteiger partial charge in [0, 0.05) is 32.2 Å². The van der Waals surface area contributed by atoms with E-state index in [1.54, 1.807) is 32.2 Å². The minimum absolute atomic E-state index is 0.0864. The van der Waals surface area contributed by atoms with E-state index >= 15 is 0 Å². The molecule has 1 aromatic carbocycles. The van der Waals surface area contributed by atoms with Gasteiger partial charge in [-0.15, -0.1) is 0 Å². The third kappa shape index (κ3) is 5.01. The van der Waals surface area contributed by atoms with Crippen molar-refractivity contribution in [2.75, 3.05) is 13.3 Å². The van der Waals surface area contributed by atoms with Gasteiger partial charge >= 0.3 is 6.55 Å². The van der Waals surface area contributed by atoms with Crippen molar-refractivity contribution >= 4 is 15.8 Å². The molecule has 10 heteroatoms. The van der Waals surface area contributed by atoms with Crippen LogP contribution < -0.4 is 10.6 Å².